The molecule has 2 aromatic carbocycles. The summed E-state index contributed by atoms with van der Waals surface area (Å²) in [5.74, 6) is 0. The van der Waals surface area contributed by atoms with E-state index in [0.29, 0.717) is 0 Å². The average molecular weight is 363 g/mol. The molecular formula is C17H21N3O4S. The second-order valence-electron chi connectivity index (χ2n) is 5.66. The summed E-state index contributed by atoms with van der Waals surface area (Å²) >= 11 is 0. The molecule has 8 heteroatoms. The SMILES string of the molecule is CC[C@H](Nc1ccc(S(=O)(=O)NC)cc1[N+](=O)[O-])c1ccc(C)cc1. The van der Waals surface area contributed by atoms with Crippen molar-refractivity contribution in [1.82, 2.24) is 4.72 Å². The van der Waals surface area contributed by atoms with Gasteiger partial charge in [0.2, 0.25) is 10.0 Å². The zero-order valence-corrected chi connectivity index (χ0v) is 15.1. The van der Waals surface area contributed by atoms with Crippen LogP contribution in [0.15, 0.2) is 47.4 Å². The highest BCUT2D eigenvalue weighted by Gasteiger charge is 2.22. The second-order valence-corrected chi connectivity index (χ2v) is 7.55. The van der Waals surface area contributed by atoms with Crippen LogP contribution >= 0.6 is 0 Å². The van der Waals surface area contributed by atoms with E-state index >= 15 is 0 Å². The number of nitro benzene ring substituents is 1. The molecule has 0 bridgehead atoms. The monoisotopic (exact) mass is 363 g/mol. The Morgan fingerprint density at radius 3 is 2.32 bits per heavy atom. The first kappa shape index (κ1) is 18.9. The number of aryl methyl sites for hydroxylation is 1. The second kappa shape index (κ2) is 7.62. The molecule has 1 atom stereocenters. The minimum absolute atomic E-state index is 0.119. The van der Waals surface area contributed by atoms with Gasteiger partial charge in [-0.05, 0) is 38.1 Å². The fourth-order valence-electron chi connectivity index (χ4n) is 2.48. The van der Waals surface area contributed by atoms with E-state index in [9.17, 15) is 18.5 Å². The van der Waals surface area contributed by atoms with Gasteiger partial charge in [0, 0.05) is 6.07 Å². The average Bonchev–Trinajstić information content (AvgIpc) is 2.60. The lowest BCUT2D eigenvalue weighted by Crippen LogP contribution is -2.19. The largest absolute Gasteiger partial charge is 0.373 e. The first-order valence-corrected chi connectivity index (χ1v) is 9.32. The Kier molecular flexibility index (Phi) is 5.76. The lowest BCUT2D eigenvalue weighted by Gasteiger charge is -2.19. The Morgan fingerprint density at radius 2 is 1.80 bits per heavy atom. The van der Waals surface area contributed by atoms with Gasteiger partial charge < -0.3 is 5.32 Å². The standard InChI is InChI=1S/C17H21N3O4S/c1-4-15(13-7-5-12(2)6-8-13)19-16-10-9-14(25(23,24)18-3)11-17(16)20(21)22/h5-11,15,18-19H,4H2,1-3H3/t15-/m0/s1. The number of nitrogens with one attached hydrogen (secondary N) is 2. The van der Waals surface area contributed by atoms with Crippen LogP contribution in [0.4, 0.5) is 11.4 Å². The predicted octanol–water partition coefficient (Wildman–Crippen LogP) is 3.37. The smallest absolute Gasteiger partial charge is 0.293 e. The first-order chi connectivity index (χ1) is 11.8. The summed E-state index contributed by atoms with van der Waals surface area (Å²) in [5, 5.41) is 14.5. The van der Waals surface area contributed by atoms with E-state index in [2.05, 4.69) is 10.0 Å². The molecule has 0 radical (unpaired) electrons. The van der Waals surface area contributed by atoms with Crippen molar-refractivity contribution in [3.8, 4) is 0 Å². The predicted molar refractivity (Wildman–Crippen MR) is 97.2 cm³/mol. The molecule has 2 aromatic rings. The van der Waals surface area contributed by atoms with Gasteiger partial charge in [0.25, 0.3) is 5.69 Å². The summed E-state index contributed by atoms with van der Waals surface area (Å²) in [7, 11) is -2.48. The Labute approximate surface area is 147 Å². The maximum Gasteiger partial charge on any atom is 0.293 e. The summed E-state index contributed by atoms with van der Waals surface area (Å²) in [5.41, 5.74) is 2.15. The number of hydrogen-bond acceptors (Lipinski definition) is 5. The molecule has 0 aromatic heterocycles. The minimum atomic E-state index is -3.74. The van der Waals surface area contributed by atoms with Crippen LogP contribution in [0.5, 0.6) is 0 Å². The molecule has 0 amide bonds. The van der Waals surface area contributed by atoms with Crippen LogP contribution in [-0.2, 0) is 10.0 Å². The van der Waals surface area contributed by atoms with Crippen molar-refractivity contribution in [2.75, 3.05) is 12.4 Å². The Morgan fingerprint density at radius 1 is 1.16 bits per heavy atom. The van der Waals surface area contributed by atoms with Crippen molar-refractivity contribution in [3.63, 3.8) is 0 Å². The van der Waals surface area contributed by atoms with Gasteiger partial charge in [-0.25, -0.2) is 13.1 Å². The van der Waals surface area contributed by atoms with E-state index in [1.54, 1.807) is 0 Å². The quantitative estimate of drug-likeness (QED) is 0.580. The van der Waals surface area contributed by atoms with Gasteiger partial charge in [0.1, 0.15) is 5.69 Å². The number of hydrogen-bond donors (Lipinski definition) is 2. The normalized spacial score (nSPS) is 12.6. The van der Waals surface area contributed by atoms with Gasteiger partial charge in [-0.1, -0.05) is 36.8 Å². The Bertz CT molecular complexity index is 864. The van der Waals surface area contributed by atoms with Crippen LogP contribution in [0.3, 0.4) is 0 Å². The van der Waals surface area contributed by atoms with E-state index in [0.717, 1.165) is 23.6 Å². The zero-order valence-electron chi connectivity index (χ0n) is 14.3. The van der Waals surface area contributed by atoms with Crippen molar-refractivity contribution in [2.45, 2.75) is 31.2 Å². The summed E-state index contributed by atoms with van der Waals surface area (Å²) in [6.07, 6.45) is 0.719. The van der Waals surface area contributed by atoms with Crippen LogP contribution in [-0.4, -0.2) is 20.4 Å². The van der Waals surface area contributed by atoms with Crippen molar-refractivity contribution in [2.24, 2.45) is 0 Å². The van der Waals surface area contributed by atoms with Gasteiger partial charge in [-0.15, -0.1) is 0 Å². The molecule has 0 aliphatic heterocycles. The number of nitro groups is 1. The molecule has 2 rings (SSSR count). The molecule has 0 aliphatic carbocycles. The van der Waals surface area contributed by atoms with Crippen LogP contribution in [0, 0.1) is 17.0 Å². The number of anilines is 1. The molecule has 2 N–H and O–H groups in total. The van der Waals surface area contributed by atoms with Crippen molar-refractivity contribution in [3.05, 3.63) is 63.7 Å². The molecule has 0 unspecified atom stereocenters. The molecule has 0 spiro atoms. The van der Waals surface area contributed by atoms with E-state index in [4.69, 9.17) is 0 Å². The van der Waals surface area contributed by atoms with Crippen LogP contribution in [0.25, 0.3) is 0 Å². The van der Waals surface area contributed by atoms with E-state index in [-0.39, 0.29) is 22.3 Å². The molecule has 0 aliphatic rings. The van der Waals surface area contributed by atoms with Gasteiger partial charge in [0.15, 0.2) is 0 Å². The molecule has 0 saturated heterocycles. The van der Waals surface area contributed by atoms with Crippen LogP contribution in [0.2, 0.25) is 0 Å². The van der Waals surface area contributed by atoms with Gasteiger partial charge in [0.05, 0.1) is 15.9 Å². The molecule has 134 valence electrons. The van der Waals surface area contributed by atoms with Crippen LogP contribution < -0.4 is 10.0 Å². The maximum atomic E-state index is 11.9. The highest BCUT2D eigenvalue weighted by molar-refractivity contribution is 7.89. The number of rotatable bonds is 7. The molecular weight excluding hydrogens is 342 g/mol. The third kappa shape index (κ3) is 4.34. The number of nitrogens with zero attached hydrogens (tertiary/aromatic N) is 1. The van der Waals surface area contributed by atoms with Crippen molar-refractivity contribution >= 4 is 21.4 Å². The van der Waals surface area contributed by atoms with Crippen molar-refractivity contribution in [1.29, 1.82) is 0 Å². The maximum absolute atomic E-state index is 11.9. The number of benzene rings is 2. The zero-order chi connectivity index (χ0) is 18.6. The fraction of sp³-hybridized carbons (Fsp3) is 0.294. The van der Waals surface area contributed by atoms with Crippen molar-refractivity contribution < 1.29 is 13.3 Å². The Hall–Kier alpha value is -2.45. The molecule has 7 nitrogen and oxygen atoms in total. The Balaban J connectivity index is 2.40. The van der Waals surface area contributed by atoms with E-state index < -0.39 is 14.9 Å². The topological polar surface area (TPSA) is 101 Å². The van der Waals surface area contributed by atoms with Gasteiger partial charge in [-0.3, -0.25) is 10.1 Å². The summed E-state index contributed by atoms with van der Waals surface area (Å²) < 4.78 is 25.9. The molecule has 0 heterocycles. The summed E-state index contributed by atoms with van der Waals surface area (Å²) in [6, 6.07) is 11.6. The van der Waals surface area contributed by atoms with E-state index in [1.165, 1.54) is 19.2 Å². The first-order valence-electron chi connectivity index (χ1n) is 7.83. The third-order valence-electron chi connectivity index (χ3n) is 3.96. The summed E-state index contributed by atoms with van der Waals surface area (Å²) in [6.45, 7) is 3.97. The van der Waals surface area contributed by atoms with Gasteiger partial charge >= 0.3 is 0 Å². The molecule has 0 fully saturated rings. The fourth-order valence-corrected chi connectivity index (χ4v) is 3.23. The molecule has 25 heavy (non-hydrogen) atoms. The number of sulfonamides is 1. The van der Waals surface area contributed by atoms with E-state index in [1.807, 2.05) is 38.1 Å². The summed E-state index contributed by atoms with van der Waals surface area (Å²) in [4.78, 5) is 10.7. The third-order valence-corrected chi connectivity index (χ3v) is 5.37. The highest BCUT2D eigenvalue weighted by Crippen LogP contribution is 2.31. The van der Waals surface area contributed by atoms with Gasteiger partial charge in [-0.2, -0.15) is 0 Å². The minimum Gasteiger partial charge on any atom is -0.373 e. The lowest BCUT2D eigenvalue weighted by molar-refractivity contribution is -0.384. The molecule has 0 saturated carbocycles. The lowest BCUT2D eigenvalue weighted by atomic mass is 10.0. The van der Waals surface area contributed by atoms with Crippen LogP contribution in [0.1, 0.15) is 30.5 Å². The highest BCUT2D eigenvalue weighted by atomic mass is 32.2.